The van der Waals surface area contributed by atoms with E-state index in [0.717, 1.165) is 0 Å². The Hall–Kier alpha value is -2.68. The van der Waals surface area contributed by atoms with Gasteiger partial charge in [0.25, 0.3) is 5.91 Å². The molecule has 23 heavy (non-hydrogen) atoms. The maximum absolute atomic E-state index is 13.1. The predicted octanol–water partition coefficient (Wildman–Crippen LogP) is 4.11. The minimum atomic E-state index is -0.579. The van der Waals surface area contributed by atoms with Crippen molar-refractivity contribution in [1.82, 2.24) is 0 Å². The molecule has 0 radical (unpaired) electrons. The summed E-state index contributed by atoms with van der Waals surface area (Å²) in [5.74, 6) is -0.196. The van der Waals surface area contributed by atoms with E-state index in [-0.39, 0.29) is 11.7 Å². The molecule has 0 fully saturated rings. The van der Waals surface area contributed by atoms with Gasteiger partial charge in [-0.3, -0.25) is 14.5 Å². The van der Waals surface area contributed by atoms with Crippen LogP contribution in [-0.4, -0.2) is 17.7 Å². The van der Waals surface area contributed by atoms with Crippen LogP contribution in [0.1, 0.15) is 34.6 Å². The number of fused-ring (bicyclic) bond motifs is 1. The van der Waals surface area contributed by atoms with Gasteiger partial charge in [0.15, 0.2) is 5.78 Å². The minimum Gasteiger partial charge on any atom is -0.296 e. The van der Waals surface area contributed by atoms with Crippen LogP contribution in [0.3, 0.4) is 0 Å². The smallest absolute Gasteiger partial charge is 0.259 e. The predicted molar refractivity (Wildman–Crippen MR) is 91.8 cm³/mol. The maximum Gasteiger partial charge on any atom is 0.259 e. The molecule has 0 aromatic heterocycles. The standard InChI is InChI=1S/C20H19NO2/c1-4-20(2,3)18-17(22)15-12-8-9-13-16(15)21(18)19(23)14-10-6-5-7-11-14/h4-13,18H,1H2,2-3H3. The number of benzene rings is 2. The average molecular weight is 305 g/mol. The summed E-state index contributed by atoms with van der Waals surface area (Å²) in [6, 6.07) is 15.8. The van der Waals surface area contributed by atoms with Crippen molar-refractivity contribution in [2.24, 2.45) is 5.41 Å². The Kier molecular flexibility index (Phi) is 3.64. The molecule has 1 amide bonds. The van der Waals surface area contributed by atoms with Gasteiger partial charge in [-0.15, -0.1) is 6.58 Å². The van der Waals surface area contributed by atoms with Crippen LogP contribution in [0, 0.1) is 5.41 Å². The topological polar surface area (TPSA) is 37.4 Å². The molecule has 0 N–H and O–H groups in total. The van der Waals surface area contributed by atoms with Gasteiger partial charge < -0.3 is 0 Å². The first-order valence-corrected chi connectivity index (χ1v) is 7.63. The van der Waals surface area contributed by atoms with Gasteiger partial charge in [-0.25, -0.2) is 0 Å². The zero-order valence-corrected chi connectivity index (χ0v) is 13.3. The van der Waals surface area contributed by atoms with Gasteiger partial charge in [-0.2, -0.15) is 0 Å². The number of carbonyl (C=O) groups excluding carboxylic acids is 2. The molecule has 1 atom stereocenters. The normalized spacial score (nSPS) is 17.0. The lowest BCUT2D eigenvalue weighted by atomic mass is 9.81. The number of anilines is 1. The van der Waals surface area contributed by atoms with Gasteiger partial charge in [0, 0.05) is 16.5 Å². The Balaban J connectivity index is 2.16. The van der Waals surface area contributed by atoms with Crippen molar-refractivity contribution in [3.63, 3.8) is 0 Å². The van der Waals surface area contributed by atoms with Crippen molar-refractivity contribution in [1.29, 1.82) is 0 Å². The largest absolute Gasteiger partial charge is 0.296 e. The second-order valence-electron chi connectivity index (χ2n) is 6.35. The van der Waals surface area contributed by atoms with Crippen LogP contribution in [0.5, 0.6) is 0 Å². The fraction of sp³-hybridized carbons (Fsp3) is 0.200. The quantitative estimate of drug-likeness (QED) is 0.800. The molecular formula is C20H19NO2. The number of carbonyl (C=O) groups is 2. The van der Waals surface area contributed by atoms with Crippen LogP contribution in [0.15, 0.2) is 67.3 Å². The van der Waals surface area contributed by atoms with Crippen molar-refractivity contribution < 1.29 is 9.59 Å². The van der Waals surface area contributed by atoms with Crippen molar-refractivity contribution in [3.8, 4) is 0 Å². The van der Waals surface area contributed by atoms with Crippen LogP contribution < -0.4 is 4.90 Å². The van der Waals surface area contributed by atoms with Gasteiger partial charge in [-0.1, -0.05) is 50.3 Å². The van der Waals surface area contributed by atoms with E-state index in [0.29, 0.717) is 16.8 Å². The zero-order valence-electron chi connectivity index (χ0n) is 13.3. The second-order valence-corrected chi connectivity index (χ2v) is 6.35. The monoisotopic (exact) mass is 305 g/mol. The highest BCUT2D eigenvalue weighted by Gasteiger charge is 2.47. The number of nitrogens with zero attached hydrogens (tertiary/aromatic N) is 1. The number of hydrogen-bond donors (Lipinski definition) is 0. The number of hydrogen-bond acceptors (Lipinski definition) is 2. The summed E-state index contributed by atoms with van der Waals surface area (Å²) in [6.07, 6.45) is 1.74. The molecule has 0 spiro atoms. The van der Waals surface area contributed by atoms with Crippen LogP contribution in [0.25, 0.3) is 0 Å². The van der Waals surface area contributed by atoms with Gasteiger partial charge in [-0.05, 0) is 24.3 Å². The number of Topliss-reactive ketones (excluding diaryl/α,β-unsaturated/α-hetero) is 1. The van der Waals surface area contributed by atoms with E-state index in [1.165, 1.54) is 0 Å². The Morgan fingerprint density at radius 3 is 2.35 bits per heavy atom. The molecule has 1 heterocycles. The molecule has 1 aliphatic rings. The summed E-state index contributed by atoms with van der Waals surface area (Å²) in [7, 11) is 0. The molecule has 0 saturated carbocycles. The van der Waals surface area contributed by atoms with Crippen LogP contribution >= 0.6 is 0 Å². The van der Waals surface area contributed by atoms with E-state index >= 15 is 0 Å². The lowest BCUT2D eigenvalue weighted by Crippen LogP contribution is -2.48. The molecule has 116 valence electrons. The van der Waals surface area contributed by atoms with Crippen molar-refractivity contribution in [2.45, 2.75) is 19.9 Å². The fourth-order valence-corrected chi connectivity index (χ4v) is 3.02. The van der Waals surface area contributed by atoms with Crippen LogP contribution in [0.4, 0.5) is 5.69 Å². The first-order chi connectivity index (χ1) is 11.0. The third-order valence-electron chi connectivity index (χ3n) is 4.41. The third kappa shape index (κ3) is 2.38. The molecule has 0 saturated heterocycles. The molecule has 3 nitrogen and oxygen atoms in total. The summed E-state index contributed by atoms with van der Waals surface area (Å²) in [5.41, 5.74) is 1.31. The van der Waals surface area contributed by atoms with E-state index < -0.39 is 11.5 Å². The molecule has 3 heteroatoms. The van der Waals surface area contributed by atoms with E-state index in [1.807, 2.05) is 50.2 Å². The Morgan fingerprint density at radius 2 is 1.70 bits per heavy atom. The summed E-state index contributed by atoms with van der Waals surface area (Å²) in [4.78, 5) is 27.6. The van der Waals surface area contributed by atoms with E-state index in [4.69, 9.17) is 0 Å². The van der Waals surface area contributed by atoms with Gasteiger partial charge in [0.1, 0.15) is 6.04 Å². The number of ketones is 1. The number of rotatable bonds is 3. The third-order valence-corrected chi connectivity index (χ3v) is 4.41. The highest BCUT2D eigenvalue weighted by atomic mass is 16.2. The lowest BCUT2D eigenvalue weighted by Gasteiger charge is -2.34. The first kappa shape index (κ1) is 15.2. The lowest BCUT2D eigenvalue weighted by molar-refractivity contribution is 0.0869. The minimum absolute atomic E-state index is 0.0326. The molecular weight excluding hydrogens is 286 g/mol. The summed E-state index contributed by atoms with van der Waals surface area (Å²) < 4.78 is 0. The fourth-order valence-electron chi connectivity index (χ4n) is 3.02. The molecule has 1 aliphatic heterocycles. The van der Waals surface area contributed by atoms with Gasteiger partial charge in [0.05, 0.1) is 5.69 Å². The molecule has 2 aromatic carbocycles. The summed E-state index contributed by atoms with van der Waals surface area (Å²) in [6.45, 7) is 7.71. The second kappa shape index (κ2) is 5.51. The van der Waals surface area contributed by atoms with Crippen molar-refractivity contribution >= 4 is 17.4 Å². The van der Waals surface area contributed by atoms with E-state index in [9.17, 15) is 9.59 Å². The number of para-hydroxylation sites is 1. The molecule has 1 unspecified atom stereocenters. The highest BCUT2D eigenvalue weighted by Crippen LogP contribution is 2.41. The molecule has 0 aliphatic carbocycles. The first-order valence-electron chi connectivity index (χ1n) is 7.63. The Labute approximate surface area is 136 Å². The molecule has 0 bridgehead atoms. The van der Waals surface area contributed by atoms with Gasteiger partial charge >= 0.3 is 0 Å². The summed E-state index contributed by atoms with van der Waals surface area (Å²) in [5, 5.41) is 0. The van der Waals surface area contributed by atoms with Crippen LogP contribution in [0.2, 0.25) is 0 Å². The SMILES string of the molecule is C=CC(C)(C)C1C(=O)c2ccccc2N1C(=O)c1ccccc1. The molecule has 2 aromatic rings. The van der Waals surface area contributed by atoms with Gasteiger partial charge in [0.2, 0.25) is 0 Å². The number of amides is 1. The maximum atomic E-state index is 13.1. The average Bonchev–Trinajstić information content (AvgIpc) is 2.89. The highest BCUT2D eigenvalue weighted by molar-refractivity contribution is 6.21. The van der Waals surface area contributed by atoms with Crippen molar-refractivity contribution in [3.05, 3.63) is 78.4 Å². The van der Waals surface area contributed by atoms with Crippen molar-refractivity contribution in [2.75, 3.05) is 4.90 Å². The Morgan fingerprint density at radius 1 is 1.09 bits per heavy atom. The van der Waals surface area contributed by atoms with E-state index in [2.05, 4.69) is 6.58 Å². The summed E-state index contributed by atoms with van der Waals surface area (Å²) >= 11 is 0. The van der Waals surface area contributed by atoms with Crippen LogP contribution in [-0.2, 0) is 0 Å². The molecule has 3 rings (SSSR count). The van der Waals surface area contributed by atoms with E-state index in [1.54, 1.807) is 29.2 Å². The zero-order chi connectivity index (χ0) is 16.6. The Bertz CT molecular complexity index is 777.